The summed E-state index contributed by atoms with van der Waals surface area (Å²) in [6.07, 6.45) is 1.45. The number of amides is 1. The van der Waals surface area contributed by atoms with Crippen molar-refractivity contribution in [2.45, 2.75) is 24.2 Å². The van der Waals surface area contributed by atoms with E-state index in [4.69, 9.17) is 0 Å². The van der Waals surface area contributed by atoms with Crippen LogP contribution in [-0.4, -0.2) is 20.9 Å². The largest absolute Gasteiger partial charge is 0.326 e. The minimum absolute atomic E-state index is 0.0776. The normalized spacial score (nSPS) is 16.5. The maximum Gasteiger partial charge on any atom is 0.264 e. The smallest absolute Gasteiger partial charge is 0.264 e. The number of sulfonamides is 1. The first-order valence-electron chi connectivity index (χ1n) is 7.70. The van der Waals surface area contributed by atoms with Crippen molar-refractivity contribution in [3.63, 3.8) is 0 Å². The minimum atomic E-state index is -3.88. The summed E-state index contributed by atoms with van der Waals surface area (Å²) < 4.78 is 41.5. The van der Waals surface area contributed by atoms with Gasteiger partial charge in [0.05, 0.1) is 17.0 Å². The first kappa shape index (κ1) is 15.1. The molecule has 0 aliphatic carbocycles. The molecule has 0 bridgehead atoms. The molecule has 0 fully saturated rings. The van der Waals surface area contributed by atoms with Crippen molar-refractivity contribution < 1.29 is 17.6 Å². The summed E-state index contributed by atoms with van der Waals surface area (Å²) in [5.74, 6) is -0.692. The van der Waals surface area contributed by atoms with Crippen LogP contribution in [0.15, 0.2) is 41.3 Å². The van der Waals surface area contributed by atoms with E-state index in [0.717, 1.165) is 4.31 Å². The third-order valence-corrected chi connectivity index (χ3v) is 6.21. The van der Waals surface area contributed by atoms with Crippen molar-refractivity contribution >= 4 is 27.3 Å². The van der Waals surface area contributed by atoms with Gasteiger partial charge < -0.3 is 5.32 Å². The Balaban J connectivity index is 1.81. The first-order chi connectivity index (χ1) is 11.5. The van der Waals surface area contributed by atoms with Crippen LogP contribution in [0.1, 0.15) is 17.5 Å². The molecular weight excluding hydrogens is 331 g/mol. The molecule has 24 heavy (non-hydrogen) atoms. The van der Waals surface area contributed by atoms with Gasteiger partial charge in [0, 0.05) is 12.2 Å². The number of hydrogen-bond donors (Lipinski definition) is 1. The van der Waals surface area contributed by atoms with Crippen molar-refractivity contribution in [3.05, 3.63) is 53.3 Å². The quantitative estimate of drug-likeness (QED) is 0.908. The summed E-state index contributed by atoms with van der Waals surface area (Å²) in [6.45, 7) is 0.241. The molecule has 2 heterocycles. The van der Waals surface area contributed by atoms with Gasteiger partial charge in [-0.05, 0) is 48.2 Å². The molecule has 4 rings (SSSR count). The van der Waals surface area contributed by atoms with Crippen LogP contribution >= 0.6 is 0 Å². The molecule has 0 atom stereocenters. The van der Waals surface area contributed by atoms with Gasteiger partial charge in [-0.25, -0.2) is 12.8 Å². The van der Waals surface area contributed by atoms with Gasteiger partial charge in [-0.15, -0.1) is 0 Å². The van der Waals surface area contributed by atoms with Crippen molar-refractivity contribution in [1.29, 1.82) is 0 Å². The molecule has 0 aromatic heterocycles. The summed E-state index contributed by atoms with van der Waals surface area (Å²) in [7, 11) is -3.88. The van der Waals surface area contributed by atoms with E-state index in [0.29, 0.717) is 29.7 Å². The zero-order chi connectivity index (χ0) is 16.9. The number of carbonyl (C=O) groups excluding carboxylic acids is 1. The maximum absolute atomic E-state index is 14.3. The predicted octanol–water partition coefficient (Wildman–Crippen LogP) is 2.46. The van der Waals surface area contributed by atoms with Gasteiger partial charge in [-0.1, -0.05) is 12.1 Å². The number of aryl methyl sites for hydroxylation is 1. The Morgan fingerprint density at radius 1 is 1.12 bits per heavy atom. The third-order valence-electron chi connectivity index (χ3n) is 4.42. The molecular formula is C17H15FN2O3S. The lowest BCUT2D eigenvalue weighted by atomic mass is 10.0. The molecule has 2 aliphatic rings. The van der Waals surface area contributed by atoms with E-state index >= 15 is 0 Å². The fourth-order valence-corrected chi connectivity index (χ4v) is 4.90. The average molecular weight is 346 g/mol. The summed E-state index contributed by atoms with van der Waals surface area (Å²) in [5, 5.41) is 2.67. The lowest BCUT2D eigenvalue weighted by Crippen LogP contribution is -2.36. The number of fused-ring (bicyclic) bond motifs is 2. The second-order valence-electron chi connectivity index (χ2n) is 5.97. The van der Waals surface area contributed by atoms with E-state index in [9.17, 15) is 17.6 Å². The Morgan fingerprint density at radius 3 is 2.79 bits per heavy atom. The minimum Gasteiger partial charge on any atom is -0.326 e. The number of carbonyl (C=O) groups is 1. The van der Waals surface area contributed by atoms with E-state index in [1.54, 1.807) is 18.2 Å². The molecule has 0 radical (unpaired) electrons. The van der Waals surface area contributed by atoms with Crippen molar-refractivity contribution in [3.8, 4) is 0 Å². The highest BCUT2D eigenvalue weighted by Crippen LogP contribution is 2.35. The number of halogens is 1. The van der Waals surface area contributed by atoms with Crippen LogP contribution in [0.2, 0.25) is 0 Å². The van der Waals surface area contributed by atoms with Crippen LogP contribution in [0.3, 0.4) is 0 Å². The Kier molecular flexibility index (Phi) is 3.35. The number of nitrogens with one attached hydrogen (secondary N) is 1. The van der Waals surface area contributed by atoms with Gasteiger partial charge >= 0.3 is 0 Å². The molecule has 0 spiro atoms. The molecule has 2 aromatic carbocycles. The SMILES string of the molecule is O=C1Cc2cc(S(=O)(=O)N3CCCc4cccc(F)c43)ccc2N1. The van der Waals surface area contributed by atoms with Gasteiger partial charge in [0.2, 0.25) is 5.91 Å². The standard InChI is InChI=1S/C17H15FN2O3S/c18-14-5-1-3-11-4-2-8-20(17(11)14)24(22,23)13-6-7-15-12(9-13)10-16(21)19-15/h1,3,5-7,9H,2,4,8,10H2,(H,19,21). The highest BCUT2D eigenvalue weighted by Gasteiger charge is 2.32. The molecule has 1 N–H and O–H groups in total. The van der Waals surface area contributed by atoms with Crippen LogP contribution in [-0.2, 0) is 27.7 Å². The summed E-state index contributed by atoms with van der Waals surface area (Å²) in [6, 6.07) is 9.16. The summed E-state index contributed by atoms with van der Waals surface area (Å²) in [5.41, 5.74) is 2.11. The number of hydrogen-bond acceptors (Lipinski definition) is 3. The van der Waals surface area contributed by atoms with E-state index < -0.39 is 15.8 Å². The molecule has 124 valence electrons. The van der Waals surface area contributed by atoms with Gasteiger partial charge in [0.1, 0.15) is 5.82 Å². The lowest BCUT2D eigenvalue weighted by Gasteiger charge is -2.30. The van der Waals surface area contributed by atoms with Crippen molar-refractivity contribution in [2.75, 3.05) is 16.2 Å². The summed E-state index contributed by atoms with van der Waals surface area (Å²) in [4.78, 5) is 11.5. The van der Waals surface area contributed by atoms with Crippen LogP contribution in [0.5, 0.6) is 0 Å². The van der Waals surface area contributed by atoms with Gasteiger partial charge in [-0.2, -0.15) is 0 Å². The van der Waals surface area contributed by atoms with Gasteiger partial charge in [0.15, 0.2) is 0 Å². The molecule has 1 amide bonds. The van der Waals surface area contributed by atoms with E-state index in [1.807, 2.05) is 0 Å². The molecule has 0 saturated heterocycles. The maximum atomic E-state index is 14.3. The first-order valence-corrected chi connectivity index (χ1v) is 9.14. The Hall–Kier alpha value is -2.41. The van der Waals surface area contributed by atoms with E-state index in [2.05, 4.69) is 5.32 Å². The number of rotatable bonds is 2. The van der Waals surface area contributed by atoms with Crippen molar-refractivity contribution in [2.24, 2.45) is 0 Å². The van der Waals surface area contributed by atoms with Crippen LogP contribution in [0.4, 0.5) is 15.8 Å². The Bertz CT molecular complexity index is 956. The second-order valence-corrected chi connectivity index (χ2v) is 7.83. The molecule has 7 heteroatoms. The van der Waals surface area contributed by atoms with E-state index in [-0.39, 0.29) is 29.5 Å². The highest BCUT2D eigenvalue weighted by atomic mass is 32.2. The van der Waals surface area contributed by atoms with Gasteiger partial charge in [0.25, 0.3) is 10.0 Å². The summed E-state index contributed by atoms with van der Waals surface area (Å²) >= 11 is 0. The number of para-hydroxylation sites is 1. The van der Waals surface area contributed by atoms with Crippen LogP contribution < -0.4 is 9.62 Å². The Labute approximate surface area is 139 Å². The molecule has 5 nitrogen and oxygen atoms in total. The number of nitrogens with zero attached hydrogens (tertiary/aromatic N) is 1. The topological polar surface area (TPSA) is 66.5 Å². The van der Waals surface area contributed by atoms with Crippen LogP contribution in [0.25, 0.3) is 0 Å². The Morgan fingerprint density at radius 2 is 1.96 bits per heavy atom. The number of anilines is 2. The van der Waals surface area contributed by atoms with Gasteiger partial charge in [-0.3, -0.25) is 9.10 Å². The van der Waals surface area contributed by atoms with Crippen molar-refractivity contribution in [1.82, 2.24) is 0 Å². The molecule has 2 aliphatic heterocycles. The molecule has 2 aromatic rings. The zero-order valence-corrected chi connectivity index (χ0v) is 13.6. The predicted molar refractivity (Wildman–Crippen MR) is 88.0 cm³/mol. The fourth-order valence-electron chi connectivity index (χ4n) is 3.30. The fraction of sp³-hybridized carbons (Fsp3) is 0.235. The third kappa shape index (κ3) is 2.27. The van der Waals surface area contributed by atoms with Crippen LogP contribution in [0, 0.1) is 5.82 Å². The molecule has 0 unspecified atom stereocenters. The molecule has 0 saturated carbocycles. The monoisotopic (exact) mass is 346 g/mol. The zero-order valence-electron chi connectivity index (χ0n) is 12.8. The number of benzene rings is 2. The second kappa shape index (κ2) is 5.31. The highest BCUT2D eigenvalue weighted by molar-refractivity contribution is 7.92. The van der Waals surface area contributed by atoms with E-state index in [1.165, 1.54) is 18.2 Å². The average Bonchev–Trinajstić information content (AvgIpc) is 2.93. The lowest BCUT2D eigenvalue weighted by molar-refractivity contribution is -0.115.